The van der Waals surface area contributed by atoms with E-state index in [1.165, 1.54) is 53.6 Å². The lowest BCUT2D eigenvalue weighted by molar-refractivity contribution is -0.140. The third-order valence-electron chi connectivity index (χ3n) is 12.8. The number of benzene rings is 3. The number of hydrogen-bond acceptors (Lipinski definition) is 18. The Hall–Kier alpha value is -8.17. The molecule has 3 N–H and O–H groups in total. The van der Waals surface area contributed by atoms with Crippen LogP contribution in [0.5, 0.6) is 0 Å². The molecule has 0 bridgehead atoms. The largest absolute Gasteiger partial charge is 0.384 e. The average Bonchev–Trinajstić information content (AvgIpc) is 4.39. The van der Waals surface area contributed by atoms with Gasteiger partial charge in [0, 0.05) is 31.8 Å². The van der Waals surface area contributed by atoms with Crippen LogP contribution in [0.3, 0.4) is 0 Å². The van der Waals surface area contributed by atoms with Crippen molar-refractivity contribution in [2.24, 2.45) is 30.9 Å². The maximum atomic E-state index is 13.1. The van der Waals surface area contributed by atoms with E-state index in [0.29, 0.717) is 78.4 Å². The minimum atomic E-state index is -0.663. The predicted octanol–water partition coefficient (Wildman–Crippen LogP) is 6.75. The second kappa shape index (κ2) is 25.5. The van der Waals surface area contributed by atoms with Crippen LogP contribution in [0.25, 0.3) is 22.3 Å². The highest BCUT2D eigenvalue weighted by molar-refractivity contribution is 6.26. The summed E-state index contributed by atoms with van der Waals surface area (Å²) < 4.78 is 71.0. The normalized spacial score (nSPS) is 19.8. The topological polar surface area (TPSA) is 286 Å². The number of ether oxygens (including phenoxy) is 3. The van der Waals surface area contributed by atoms with Crippen LogP contribution in [0.1, 0.15) is 89.5 Å². The SMILES string of the molecule is Cn1cnc2nc[nH]c(=O)c21.Cn1cnc2ncn(Cc3nc([C@@H]4CO[C@@H](c5ccc(F)cc5)C4)no3)c(=O)c21.Fc1ccc([C@H]2C[C@H](c3noc(CCl)n3)CO2)cc1.N/C(=N/OC(=O)CCl)[C@@H]1CO[C@@H](c2ccc(F)cc2)C1. The Morgan fingerprint density at radius 2 is 1.16 bits per heavy atom. The Bertz CT molecular complexity index is 3650. The number of nitrogens with zero attached hydrogens (tertiary/aromatic N) is 12. The van der Waals surface area contributed by atoms with Gasteiger partial charge in [-0.05, 0) is 72.4 Å². The number of aryl methyl sites for hydroxylation is 2. The zero-order chi connectivity index (χ0) is 55.6. The lowest BCUT2D eigenvalue weighted by atomic mass is 10.00. The van der Waals surface area contributed by atoms with Crippen molar-refractivity contribution in [2.75, 3.05) is 25.7 Å². The van der Waals surface area contributed by atoms with E-state index in [9.17, 15) is 27.6 Å². The number of amidine groups is 1. The molecule has 0 unspecified atom stereocenters. The van der Waals surface area contributed by atoms with Crippen LogP contribution in [-0.4, -0.2) is 96.4 Å². The molecule has 3 aliphatic rings. The van der Waals surface area contributed by atoms with Crippen molar-refractivity contribution in [1.29, 1.82) is 0 Å². The van der Waals surface area contributed by atoms with Crippen LogP contribution >= 0.6 is 23.2 Å². The first-order valence-electron chi connectivity index (χ1n) is 24.4. The number of H-pyrrole nitrogens is 1. The fourth-order valence-electron chi connectivity index (χ4n) is 8.69. The molecule has 0 spiro atoms. The molecule has 3 saturated heterocycles. The number of halogens is 5. The van der Waals surface area contributed by atoms with Gasteiger partial charge in [-0.15, -0.1) is 23.2 Å². The number of aromatic amines is 1. The van der Waals surface area contributed by atoms with Crippen molar-refractivity contribution in [2.45, 2.75) is 61.8 Å². The molecule has 0 amide bonds. The van der Waals surface area contributed by atoms with Gasteiger partial charge in [0.1, 0.15) is 47.9 Å². The van der Waals surface area contributed by atoms with Gasteiger partial charge in [-0.1, -0.05) is 51.9 Å². The summed E-state index contributed by atoms with van der Waals surface area (Å²) in [6, 6.07) is 18.7. The van der Waals surface area contributed by atoms with E-state index in [2.05, 4.69) is 55.2 Å². The Balaban J connectivity index is 0.000000134. The van der Waals surface area contributed by atoms with Gasteiger partial charge in [0.15, 0.2) is 34.0 Å². The first kappa shape index (κ1) is 55.6. The second-order valence-electron chi connectivity index (χ2n) is 18.2. The molecule has 6 aromatic heterocycles. The quantitative estimate of drug-likeness (QED) is 0.0445. The number of carbonyl (C=O) groups is 1. The van der Waals surface area contributed by atoms with Crippen LogP contribution in [0, 0.1) is 23.4 Å². The molecule has 3 fully saturated rings. The van der Waals surface area contributed by atoms with Crippen molar-refractivity contribution >= 4 is 57.3 Å². The number of imidazole rings is 2. The average molecular weight is 1130 g/mol. The Morgan fingerprint density at radius 3 is 1.68 bits per heavy atom. The number of fused-ring (bicyclic) bond motifs is 2. The molecule has 0 saturated carbocycles. The van der Waals surface area contributed by atoms with Gasteiger partial charge in [0.05, 0.1) is 57.1 Å². The summed E-state index contributed by atoms with van der Waals surface area (Å²) in [5, 5.41) is 11.5. The molecule has 9 heterocycles. The lowest BCUT2D eigenvalue weighted by Crippen LogP contribution is -2.24. The molecule has 3 aliphatic heterocycles. The molecular weight excluding hydrogens is 1080 g/mol. The van der Waals surface area contributed by atoms with Crippen LogP contribution in [0.2, 0.25) is 0 Å². The maximum Gasteiger partial charge on any atom is 0.349 e. The zero-order valence-electron chi connectivity index (χ0n) is 42.1. The van der Waals surface area contributed by atoms with Crippen LogP contribution in [-0.2, 0) is 50.4 Å². The summed E-state index contributed by atoms with van der Waals surface area (Å²) in [6.45, 7) is 1.47. The molecule has 9 aromatic rings. The van der Waals surface area contributed by atoms with Gasteiger partial charge in [-0.3, -0.25) is 14.2 Å². The molecule has 0 radical (unpaired) electrons. The van der Waals surface area contributed by atoms with Gasteiger partial charge in [0.2, 0.25) is 11.8 Å². The molecular formula is C51H49Cl2F3N14O9. The van der Waals surface area contributed by atoms with Gasteiger partial charge in [-0.25, -0.2) is 37.9 Å². The van der Waals surface area contributed by atoms with Gasteiger partial charge in [0.25, 0.3) is 11.1 Å². The monoisotopic (exact) mass is 1130 g/mol. The van der Waals surface area contributed by atoms with E-state index in [0.717, 1.165) is 23.1 Å². The van der Waals surface area contributed by atoms with Crippen molar-refractivity contribution < 1.29 is 46.1 Å². The van der Waals surface area contributed by atoms with E-state index in [1.54, 1.807) is 72.3 Å². The van der Waals surface area contributed by atoms with E-state index in [-0.39, 0.29) is 88.8 Å². The molecule has 79 heavy (non-hydrogen) atoms. The van der Waals surface area contributed by atoms with Gasteiger partial charge in [-0.2, -0.15) is 9.97 Å². The minimum Gasteiger partial charge on any atom is -0.384 e. The van der Waals surface area contributed by atoms with Crippen LogP contribution in [0.4, 0.5) is 13.2 Å². The van der Waals surface area contributed by atoms with Gasteiger partial charge < -0.3 is 47.9 Å². The molecule has 23 nitrogen and oxygen atoms in total. The van der Waals surface area contributed by atoms with E-state index in [4.69, 9.17) is 52.2 Å². The third kappa shape index (κ3) is 13.8. The van der Waals surface area contributed by atoms with Gasteiger partial charge >= 0.3 is 5.97 Å². The first-order chi connectivity index (χ1) is 38.2. The number of nitrogens with one attached hydrogen (secondary N) is 1. The molecule has 0 aliphatic carbocycles. The Labute approximate surface area is 455 Å². The lowest BCUT2D eigenvalue weighted by Gasteiger charge is -2.09. The highest BCUT2D eigenvalue weighted by Crippen LogP contribution is 2.38. The molecule has 12 rings (SSSR count). The Morgan fingerprint density at radius 1 is 0.684 bits per heavy atom. The van der Waals surface area contributed by atoms with E-state index >= 15 is 0 Å². The Kier molecular flexibility index (Phi) is 18.0. The maximum absolute atomic E-state index is 13.1. The summed E-state index contributed by atoms with van der Waals surface area (Å²) >= 11 is 10.9. The fourth-order valence-corrected chi connectivity index (χ4v) is 8.85. The predicted molar refractivity (Wildman–Crippen MR) is 276 cm³/mol. The molecule has 3 aromatic carbocycles. The third-order valence-corrected chi connectivity index (χ3v) is 13.3. The summed E-state index contributed by atoms with van der Waals surface area (Å²) in [6.07, 6.45) is 7.55. The second-order valence-corrected chi connectivity index (χ2v) is 18.8. The van der Waals surface area contributed by atoms with E-state index in [1.807, 2.05) is 0 Å². The van der Waals surface area contributed by atoms with Crippen molar-refractivity contribution in [1.82, 2.24) is 58.9 Å². The van der Waals surface area contributed by atoms with Crippen LogP contribution in [0.15, 0.2) is 122 Å². The van der Waals surface area contributed by atoms with Crippen molar-refractivity contribution in [3.8, 4) is 0 Å². The number of rotatable bonds is 11. The molecule has 6 atom stereocenters. The van der Waals surface area contributed by atoms with Crippen molar-refractivity contribution in [3.63, 3.8) is 0 Å². The number of aromatic nitrogens is 12. The number of carbonyl (C=O) groups excluding carboxylic acids is 1. The summed E-state index contributed by atoms with van der Waals surface area (Å²) in [5.41, 5.74) is 9.91. The van der Waals surface area contributed by atoms with E-state index < -0.39 is 5.97 Å². The molecule has 28 heteroatoms. The highest BCUT2D eigenvalue weighted by atomic mass is 35.5. The summed E-state index contributed by atoms with van der Waals surface area (Å²) in [7, 11) is 3.50. The molecule has 412 valence electrons. The number of oxime groups is 1. The number of nitrogens with two attached hydrogens (primary N) is 1. The number of hydrogen-bond donors (Lipinski definition) is 2. The smallest absolute Gasteiger partial charge is 0.349 e. The van der Waals surface area contributed by atoms with Crippen molar-refractivity contribution in [3.05, 3.63) is 176 Å². The zero-order valence-corrected chi connectivity index (χ0v) is 43.6. The first-order valence-corrected chi connectivity index (χ1v) is 25.4. The summed E-state index contributed by atoms with van der Waals surface area (Å²) in [5.74, 6) is 0.446. The fraction of sp³-hybridized carbons (Fsp3) is 0.333. The highest BCUT2D eigenvalue weighted by Gasteiger charge is 2.33. The number of alkyl halides is 2. The van der Waals surface area contributed by atoms with Crippen LogP contribution < -0.4 is 16.9 Å². The standard InChI is InChI=1S/C19H17FN6O3.C13H14ClFN2O3.C13H12ClFN2O2.C6H6N4O/c1-25-9-21-18-16(25)19(27)26(10-22-18)7-15-23-17(24-29-15)12-6-14(28-8-12)11-2-4-13(20)5-3-11;14-6-12(18)20-17-13(16)9-5-11(19-7-9)8-1-3-10(15)4-2-8;14-6-12-16-13(17-19-12)9-5-11(18-7-9)8-1-3-10(15)4-2-8;1-10-3-9-5-4(10)6(11)8-2-7-5/h2-5,9-10,12,14H,6-8H2,1H3;1-4,9,11H,5-7H2,(H2,16,17);1-4,9,11H,5-7H2;2-3H,1H3,(H,7,8,11)/t12-,14+;2*9-,11+;/m000./s1. The summed E-state index contributed by atoms with van der Waals surface area (Å²) in [4.78, 5) is 66.3. The minimum absolute atomic E-state index is 0.0306.